The number of aliphatic hydroxyl groups is 1. The molecule has 10 nitrogen and oxygen atoms in total. The lowest BCUT2D eigenvalue weighted by atomic mass is 10.2. The molecule has 0 amide bonds. The lowest BCUT2D eigenvalue weighted by Crippen LogP contribution is -2.38. The number of hydrogen-bond donors (Lipinski definition) is 1. The first-order chi connectivity index (χ1) is 14.6. The highest BCUT2D eigenvalue weighted by molar-refractivity contribution is 7.89. The molecule has 1 saturated heterocycles. The van der Waals surface area contributed by atoms with E-state index in [4.69, 9.17) is 10.00 Å². The van der Waals surface area contributed by atoms with Gasteiger partial charge in [-0.25, -0.2) is 8.42 Å². The van der Waals surface area contributed by atoms with Crippen molar-refractivity contribution in [1.29, 1.82) is 5.26 Å². The zero-order valence-electron chi connectivity index (χ0n) is 17.9. The van der Waals surface area contributed by atoms with Crippen LogP contribution >= 0.6 is 0 Å². The molecule has 172 valence electrons. The summed E-state index contributed by atoms with van der Waals surface area (Å²) >= 11 is 0. The molecule has 0 saturated carbocycles. The Labute approximate surface area is 183 Å². The summed E-state index contributed by atoms with van der Waals surface area (Å²) in [7, 11) is -3.79. The Kier molecular flexibility index (Phi) is 9.18. The third kappa shape index (κ3) is 7.14. The molecule has 1 fully saturated rings. The second-order valence-electron chi connectivity index (χ2n) is 8.02. The quantitative estimate of drug-likeness (QED) is 0.374. The Balaban J connectivity index is 2.08. The van der Waals surface area contributed by atoms with Gasteiger partial charge in [-0.15, -0.1) is 0 Å². The zero-order valence-corrected chi connectivity index (χ0v) is 18.8. The highest BCUT2D eigenvalue weighted by atomic mass is 32.2. The molecule has 1 atom stereocenters. The molecule has 1 heterocycles. The van der Waals surface area contributed by atoms with Crippen LogP contribution in [-0.4, -0.2) is 73.1 Å². The summed E-state index contributed by atoms with van der Waals surface area (Å²) in [5.74, 6) is 0.245. The third-order valence-corrected chi connectivity index (χ3v) is 6.79. The molecule has 0 bridgehead atoms. The van der Waals surface area contributed by atoms with Gasteiger partial charge in [-0.1, -0.05) is 13.8 Å². The van der Waals surface area contributed by atoms with Gasteiger partial charge in [0.15, 0.2) is 5.75 Å². The van der Waals surface area contributed by atoms with Gasteiger partial charge in [0.25, 0.3) is 0 Å². The number of nitriles is 1. The average molecular weight is 455 g/mol. The maximum Gasteiger partial charge on any atom is 0.312 e. The van der Waals surface area contributed by atoms with Crippen LogP contribution in [0.5, 0.6) is 5.75 Å². The van der Waals surface area contributed by atoms with E-state index in [1.54, 1.807) is 0 Å². The number of ether oxygens (including phenoxy) is 1. The van der Waals surface area contributed by atoms with Crippen molar-refractivity contribution in [3.05, 3.63) is 28.3 Å². The standard InChI is InChI=1S/C20H30N4O6S/c1-16(2)13-22(9-5-8-21)14-17(25)15-30-20-7-6-18(12-19(20)24(26)27)31(28,29)23-10-3-4-11-23/h6-7,12,16-17,25H,3-5,9-11,13-15H2,1-2H3/t17-/m1/s1. The smallest absolute Gasteiger partial charge is 0.312 e. The summed E-state index contributed by atoms with van der Waals surface area (Å²) in [6.07, 6.45) is 0.939. The number of nitrogens with zero attached hydrogens (tertiary/aromatic N) is 4. The number of hydrogen-bond acceptors (Lipinski definition) is 8. The van der Waals surface area contributed by atoms with E-state index < -0.39 is 26.7 Å². The second kappa shape index (κ2) is 11.4. The molecule has 1 aromatic rings. The molecule has 1 aromatic carbocycles. The summed E-state index contributed by atoms with van der Waals surface area (Å²) in [4.78, 5) is 12.6. The van der Waals surface area contributed by atoms with Crippen molar-refractivity contribution in [3.63, 3.8) is 0 Å². The maximum atomic E-state index is 12.7. The van der Waals surface area contributed by atoms with Crippen molar-refractivity contribution in [2.45, 2.75) is 44.1 Å². The van der Waals surface area contributed by atoms with Crippen LogP contribution in [0.4, 0.5) is 5.69 Å². The summed E-state index contributed by atoms with van der Waals surface area (Å²) in [5.41, 5.74) is -0.462. The molecule has 2 rings (SSSR count). The Morgan fingerprint density at radius 1 is 1.32 bits per heavy atom. The molecule has 31 heavy (non-hydrogen) atoms. The largest absolute Gasteiger partial charge is 0.484 e. The van der Waals surface area contributed by atoms with Crippen LogP contribution in [0.15, 0.2) is 23.1 Å². The number of rotatable bonds is 12. The molecule has 1 N–H and O–H groups in total. The van der Waals surface area contributed by atoms with E-state index in [1.807, 2.05) is 18.7 Å². The van der Waals surface area contributed by atoms with Gasteiger partial charge in [-0.3, -0.25) is 15.0 Å². The van der Waals surface area contributed by atoms with Crippen molar-refractivity contribution in [3.8, 4) is 11.8 Å². The monoisotopic (exact) mass is 454 g/mol. The minimum absolute atomic E-state index is 0.100. The van der Waals surface area contributed by atoms with Crippen molar-refractivity contribution in [2.75, 3.05) is 39.3 Å². The van der Waals surface area contributed by atoms with Crippen LogP contribution in [0.3, 0.4) is 0 Å². The molecule has 1 aliphatic heterocycles. The van der Waals surface area contributed by atoms with E-state index in [9.17, 15) is 23.6 Å². The molecule has 0 spiro atoms. The lowest BCUT2D eigenvalue weighted by Gasteiger charge is -2.25. The lowest BCUT2D eigenvalue weighted by molar-refractivity contribution is -0.386. The first kappa shape index (κ1) is 25.0. The molecule has 1 aliphatic rings. The topological polar surface area (TPSA) is 137 Å². The summed E-state index contributed by atoms with van der Waals surface area (Å²) in [6.45, 7) is 6.14. The van der Waals surface area contributed by atoms with E-state index >= 15 is 0 Å². The van der Waals surface area contributed by atoms with Crippen LogP contribution in [0.2, 0.25) is 0 Å². The maximum absolute atomic E-state index is 12.7. The SMILES string of the molecule is CC(C)CN(CCC#N)C[C@@H](O)COc1ccc(S(=O)(=O)N2CCCC2)cc1[N+](=O)[O-]. The molecular weight excluding hydrogens is 424 g/mol. The minimum atomic E-state index is -3.79. The van der Waals surface area contributed by atoms with Crippen molar-refractivity contribution >= 4 is 15.7 Å². The van der Waals surface area contributed by atoms with Gasteiger partial charge in [0.1, 0.15) is 12.7 Å². The highest BCUT2D eigenvalue weighted by Crippen LogP contribution is 2.32. The van der Waals surface area contributed by atoms with Gasteiger partial charge in [-0.05, 0) is 30.9 Å². The van der Waals surface area contributed by atoms with Crippen LogP contribution in [0, 0.1) is 27.4 Å². The van der Waals surface area contributed by atoms with Crippen LogP contribution in [0.1, 0.15) is 33.1 Å². The van der Waals surface area contributed by atoms with Crippen LogP contribution < -0.4 is 4.74 Å². The van der Waals surface area contributed by atoms with Crippen LogP contribution in [0.25, 0.3) is 0 Å². The fourth-order valence-electron chi connectivity index (χ4n) is 3.52. The number of nitro benzene ring substituents is 1. The Morgan fingerprint density at radius 2 is 2.00 bits per heavy atom. The second-order valence-corrected chi connectivity index (χ2v) is 9.96. The Bertz CT molecular complexity index is 893. The van der Waals surface area contributed by atoms with Gasteiger partial charge in [0.05, 0.1) is 15.9 Å². The first-order valence-corrected chi connectivity index (χ1v) is 11.8. The molecule has 0 aromatic heterocycles. The number of aliphatic hydroxyl groups excluding tert-OH is 1. The first-order valence-electron chi connectivity index (χ1n) is 10.3. The number of nitro groups is 1. The number of benzene rings is 1. The van der Waals surface area contributed by atoms with Gasteiger partial charge < -0.3 is 9.84 Å². The molecule has 0 aliphatic carbocycles. The van der Waals surface area contributed by atoms with Crippen molar-refractivity contribution in [2.24, 2.45) is 5.92 Å². The molecule has 0 radical (unpaired) electrons. The van der Waals surface area contributed by atoms with E-state index in [0.29, 0.717) is 38.5 Å². The van der Waals surface area contributed by atoms with E-state index in [-0.39, 0.29) is 23.8 Å². The van der Waals surface area contributed by atoms with Crippen molar-refractivity contribution < 1.29 is 23.2 Å². The van der Waals surface area contributed by atoms with Gasteiger partial charge in [0, 0.05) is 45.2 Å². The fraction of sp³-hybridized carbons (Fsp3) is 0.650. The Hall–Kier alpha value is -2.26. The molecule has 0 unspecified atom stereocenters. The van der Waals surface area contributed by atoms with E-state index in [2.05, 4.69) is 6.07 Å². The zero-order chi connectivity index (χ0) is 23.0. The average Bonchev–Trinajstić information content (AvgIpc) is 3.25. The predicted molar refractivity (Wildman–Crippen MR) is 114 cm³/mol. The summed E-state index contributed by atoms with van der Waals surface area (Å²) in [6, 6.07) is 5.64. The fourth-order valence-corrected chi connectivity index (χ4v) is 5.06. The minimum Gasteiger partial charge on any atom is -0.484 e. The van der Waals surface area contributed by atoms with E-state index in [0.717, 1.165) is 18.9 Å². The predicted octanol–water partition coefficient (Wildman–Crippen LogP) is 1.99. The third-order valence-electron chi connectivity index (χ3n) is 4.89. The van der Waals surface area contributed by atoms with Crippen molar-refractivity contribution in [1.82, 2.24) is 9.21 Å². The number of sulfonamides is 1. The van der Waals surface area contributed by atoms with E-state index in [1.165, 1.54) is 16.4 Å². The summed E-state index contributed by atoms with van der Waals surface area (Å²) < 4.78 is 32.1. The van der Waals surface area contributed by atoms with Gasteiger partial charge >= 0.3 is 5.69 Å². The molecule has 11 heteroatoms. The van der Waals surface area contributed by atoms with Crippen LogP contribution in [-0.2, 0) is 10.0 Å². The molecular formula is C20H30N4O6S. The Morgan fingerprint density at radius 3 is 2.58 bits per heavy atom. The normalized spacial score (nSPS) is 15.9. The van der Waals surface area contributed by atoms with Gasteiger partial charge in [0.2, 0.25) is 10.0 Å². The summed E-state index contributed by atoms with van der Waals surface area (Å²) in [5, 5.41) is 30.6. The highest BCUT2D eigenvalue weighted by Gasteiger charge is 2.30. The van der Waals surface area contributed by atoms with Gasteiger partial charge in [-0.2, -0.15) is 9.57 Å².